The number of nitrogen functional groups attached to an aromatic ring is 1. The highest BCUT2D eigenvalue weighted by atomic mass is 32.2. The molecule has 1 heterocycles. The lowest BCUT2D eigenvalue weighted by Gasteiger charge is -2.06. The van der Waals surface area contributed by atoms with Gasteiger partial charge in [0.2, 0.25) is 0 Å². The smallest absolute Gasteiger partial charge is 0.180 e. The number of nitrogens with two attached hydrogens (primary N) is 1. The van der Waals surface area contributed by atoms with Gasteiger partial charge in [-0.05, 0) is 24.3 Å². The predicted octanol–water partition coefficient (Wildman–Crippen LogP) is 1.55. The van der Waals surface area contributed by atoms with Gasteiger partial charge in [0.25, 0.3) is 0 Å². The van der Waals surface area contributed by atoms with Crippen LogP contribution >= 0.6 is 0 Å². The lowest BCUT2D eigenvalue weighted by atomic mass is 10.2. The maximum Gasteiger partial charge on any atom is 0.180 e. The Bertz CT molecular complexity index is 691. The highest BCUT2D eigenvalue weighted by molar-refractivity contribution is 7.91. The Morgan fingerprint density at radius 1 is 1.24 bits per heavy atom. The van der Waals surface area contributed by atoms with Crippen LogP contribution in [0.4, 0.5) is 0 Å². The molecule has 0 amide bonds. The van der Waals surface area contributed by atoms with E-state index in [9.17, 15) is 8.42 Å². The Kier molecular flexibility index (Phi) is 4.77. The van der Waals surface area contributed by atoms with Crippen LogP contribution in [0.25, 0.3) is 0 Å². The summed E-state index contributed by atoms with van der Waals surface area (Å²) < 4.78 is 34.5. The topological polar surface area (TPSA) is 106 Å². The average Bonchev–Trinajstić information content (AvgIpc) is 2.97. The van der Waals surface area contributed by atoms with Gasteiger partial charge in [0, 0.05) is 5.56 Å². The van der Waals surface area contributed by atoms with Crippen LogP contribution in [-0.4, -0.2) is 26.6 Å². The van der Waals surface area contributed by atoms with Gasteiger partial charge in [-0.1, -0.05) is 12.1 Å². The van der Waals surface area contributed by atoms with Crippen LogP contribution in [0.3, 0.4) is 0 Å². The number of furan rings is 1. The molecule has 2 rings (SSSR count). The minimum Gasteiger partial charge on any atom is -0.467 e. The van der Waals surface area contributed by atoms with Gasteiger partial charge in [0.05, 0.1) is 23.5 Å². The van der Waals surface area contributed by atoms with Crippen molar-refractivity contribution in [3.8, 4) is 0 Å². The first-order valence-corrected chi connectivity index (χ1v) is 7.91. The second kappa shape index (κ2) is 6.55. The molecule has 0 aliphatic carbocycles. The van der Waals surface area contributed by atoms with Gasteiger partial charge in [0.1, 0.15) is 18.2 Å². The van der Waals surface area contributed by atoms with Gasteiger partial charge in [-0.15, -0.1) is 0 Å². The van der Waals surface area contributed by atoms with E-state index < -0.39 is 9.84 Å². The molecule has 0 aliphatic rings. The number of rotatable bonds is 7. The van der Waals surface area contributed by atoms with E-state index >= 15 is 0 Å². The summed E-state index contributed by atoms with van der Waals surface area (Å²) in [5.41, 5.74) is 5.81. The average molecular weight is 308 g/mol. The van der Waals surface area contributed by atoms with Crippen molar-refractivity contribution in [2.45, 2.75) is 11.5 Å². The van der Waals surface area contributed by atoms with Gasteiger partial charge in [-0.25, -0.2) is 8.42 Å². The number of ether oxygens (including phenoxy) is 1. The number of hydrogen-bond acceptors (Lipinski definition) is 5. The van der Waals surface area contributed by atoms with Crippen LogP contribution in [0.2, 0.25) is 0 Å². The molecule has 3 N–H and O–H groups in total. The minimum absolute atomic E-state index is 0.0808. The molecule has 1 aromatic heterocycles. The molecular weight excluding hydrogens is 292 g/mol. The zero-order valence-electron chi connectivity index (χ0n) is 11.3. The third-order valence-corrected chi connectivity index (χ3v) is 4.54. The van der Waals surface area contributed by atoms with Crippen LogP contribution in [0, 0.1) is 5.41 Å². The molecule has 0 fully saturated rings. The van der Waals surface area contributed by atoms with E-state index in [2.05, 4.69) is 0 Å². The molecule has 7 heteroatoms. The van der Waals surface area contributed by atoms with Crippen molar-refractivity contribution in [1.29, 1.82) is 5.41 Å². The summed E-state index contributed by atoms with van der Waals surface area (Å²) in [7, 11) is -3.41. The molecule has 2 aromatic rings. The number of hydrogen-bond donors (Lipinski definition) is 2. The lowest BCUT2D eigenvalue weighted by Crippen LogP contribution is -2.14. The third kappa shape index (κ3) is 4.17. The first-order chi connectivity index (χ1) is 9.99. The summed E-state index contributed by atoms with van der Waals surface area (Å²) in [6.07, 6.45) is 1.53. The fourth-order valence-corrected chi connectivity index (χ4v) is 2.82. The fraction of sp³-hybridized carbons (Fsp3) is 0.214. The molecule has 0 bridgehead atoms. The van der Waals surface area contributed by atoms with Crippen molar-refractivity contribution in [1.82, 2.24) is 0 Å². The molecule has 0 saturated carbocycles. The summed E-state index contributed by atoms with van der Waals surface area (Å²) in [6.45, 7) is 0.323. The summed E-state index contributed by atoms with van der Waals surface area (Å²) in [5, 5.41) is 7.27. The van der Waals surface area contributed by atoms with Crippen molar-refractivity contribution >= 4 is 15.7 Å². The molecule has 0 spiro atoms. The monoisotopic (exact) mass is 308 g/mol. The molecular formula is C14H16N2O4S. The molecule has 112 valence electrons. The zero-order chi connectivity index (χ0) is 15.3. The summed E-state index contributed by atoms with van der Waals surface area (Å²) in [6, 6.07) is 9.41. The Hall–Kier alpha value is -2.12. The molecule has 1 aromatic carbocycles. The second-order valence-electron chi connectivity index (χ2n) is 4.39. The molecule has 0 aliphatic heterocycles. The zero-order valence-corrected chi connectivity index (χ0v) is 12.1. The van der Waals surface area contributed by atoms with E-state index in [0.29, 0.717) is 11.3 Å². The van der Waals surface area contributed by atoms with Crippen LogP contribution in [0.5, 0.6) is 0 Å². The predicted molar refractivity (Wildman–Crippen MR) is 77.9 cm³/mol. The van der Waals surface area contributed by atoms with Crippen molar-refractivity contribution in [2.24, 2.45) is 5.73 Å². The largest absolute Gasteiger partial charge is 0.467 e. The summed E-state index contributed by atoms with van der Waals surface area (Å²) in [4.78, 5) is 0.189. The van der Waals surface area contributed by atoms with E-state index in [1.807, 2.05) is 0 Å². The molecule has 21 heavy (non-hydrogen) atoms. The quantitative estimate of drug-likeness (QED) is 0.458. The van der Waals surface area contributed by atoms with E-state index in [4.69, 9.17) is 20.3 Å². The highest BCUT2D eigenvalue weighted by Gasteiger charge is 2.14. The maximum atomic E-state index is 12.1. The van der Waals surface area contributed by atoms with Crippen LogP contribution in [0.15, 0.2) is 52.0 Å². The highest BCUT2D eigenvalue weighted by Crippen LogP contribution is 2.12. The Labute approximate surface area is 123 Å². The Balaban J connectivity index is 1.90. The van der Waals surface area contributed by atoms with Gasteiger partial charge < -0.3 is 14.9 Å². The Morgan fingerprint density at radius 2 is 1.95 bits per heavy atom. The molecule has 0 atom stereocenters. The Morgan fingerprint density at radius 3 is 2.52 bits per heavy atom. The van der Waals surface area contributed by atoms with E-state index in [1.54, 1.807) is 12.1 Å². The van der Waals surface area contributed by atoms with E-state index in [0.717, 1.165) is 0 Å². The molecule has 6 nitrogen and oxygen atoms in total. The first-order valence-electron chi connectivity index (χ1n) is 6.26. The van der Waals surface area contributed by atoms with Gasteiger partial charge in [-0.2, -0.15) is 0 Å². The van der Waals surface area contributed by atoms with Crippen LogP contribution < -0.4 is 5.73 Å². The first kappa shape index (κ1) is 15.3. The SMILES string of the molecule is N=C(N)c1ccc(S(=O)(=O)CCOCc2ccco2)cc1. The second-order valence-corrected chi connectivity index (χ2v) is 6.50. The van der Waals surface area contributed by atoms with E-state index in [1.165, 1.54) is 30.5 Å². The van der Waals surface area contributed by atoms with Crippen LogP contribution in [0.1, 0.15) is 11.3 Å². The fourth-order valence-electron chi connectivity index (χ4n) is 1.70. The van der Waals surface area contributed by atoms with Crippen molar-refractivity contribution in [3.63, 3.8) is 0 Å². The normalized spacial score (nSPS) is 11.4. The minimum atomic E-state index is -3.41. The summed E-state index contributed by atoms with van der Waals surface area (Å²) in [5.74, 6) is 0.437. The molecule has 0 saturated heterocycles. The summed E-state index contributed by atoms with van der Waals surface area (Å²) >= 11 is 0. The van der Waals surface area contributed by atoms with E-state index in [-0.39, 0.29) is 29.7 Å². The number of nitrogens with one attached hydrogen (secondary N) is 1. The third-order valence-electron chi connectivity index (χ3n) is 2.85. The number of sulfone groups is 1. The molecule has 0 radical (unpaired) electrons. The molecule has 0 unspecified atom stereocenters. The standard InChI is InChI=1S/C14H16N2O4S/c15-14(16)11-3-5-13(6-4-11)21(17,18)9-8-19-10-12-2-1-7-20-12/h1-7H,8-10H2,(H3,15,16). The van der Waals surface area contributed by atoms with Crippen molar-refractivity contribution in [3.05, 3.63) is 54.0 Å². The van der Waals surface area contributed by atoms with Crippen molar-refractivity contribution < 1.29 is 17.6 Å². The maximum absolute atomic E-state index is 12.1. The van der Waals surface area contributed by atoms with Gasteiger partial charge >= 0.3 is 0 Å². The lowest BCUT2D eigenvalue weighted by molar-refractivity contribution is 0.119. The number of benzene rings is 1. The van der Waals surface area contributed by atoms with Gasteiger partial charge in [0.15, 0.2) is 9.84 Å². The van der Waals surface area contributed by atoms with Gasteiger partial charge in [-0.3, -0.25) is 5.41 Å². The number of amidine groups is 1. The van der Waals surface area contributed by atoms with Crippen LogP contribution in [-0.2, 0) is 21.2 Å². The van der Waals surface area contributed by atoms with Crippen molar-refractivity contribution in [2.75, 3.05) is 12.4 Å².